The van der Waals surface area contributed by atoms with E-state index in [0.717, 1.165) is 44.7 Å². The number of likely N-dealkylation sites (N-methyl/N-ethyl adjacent to an activating group) is 1. The van der Waals surface area contributed by atoms with E-state index in [4.69, 9.17) is 9.47 Å². The molecule has 0 aromatic heterocycles. The van der Waals surface area contributed by atoms with Crippen LogP contribution in [0.1, 0.15) is 29.6 Å². The SMILES string of the molecule is CN(C(=O)c1ccc(OCC2CCCO2)cc1)C1CCNC1.Cl. The maximum Gasteiger partial charge on any atom is 0.253 e. The fraction of sp³-hybridized carbons (Fsp3) is 0.588. The molecule has 2 aliphatic rings. The van der Waals surface area contributed by atoms with Crippen LogP contribution in [0.15, 0.2) is 24.3 Å². The van der Waals surface area contributed by atoms with E-state index < -0.39 is 0 Å². The summed E-state index contributed by atoms with van der Waals surface area (Å²) in [4.78, 5) is 14.3. The maximum absolute atomic E-state index is 12.4. The Hall–Kier alpha value is -1.30. The minimum atomic E-state index is 0. The van der Waals surface area contributed by atoms with Crippen LogP contribution >= 0.6 is 12.4 Å². The van der Waals surface area contributed by atoms with Gasteiger partial charge in [0.25, 0.3) is 5.91 Å². The fourth-order valence-corrected chi connectivity index (χ4v) is 3.00. The van der Waals surface area contributed by atoms with Crippen molar-refractivity contribution in [2.24, 2.45) is 0 Å². The molecule has 3 rings (SSSR count). The van der Waals surface area contributed by atoms with Crippen LogP contribution in [-0.4, -0.2) is 56.3 Å². The lowest BCUT2D eigenvalue weighted by Gasteiger charge is -2.23. The minimum Gasteiger partial charge on any atom is -0.491 e. The summed E-state index contributed by atoms with van der Waals surface area (Å²) in [6.07, 6.45) is 3.41. The van der Waals surface area contributed by atoms with E-state index in [2.05, 4.69) is 5.32 Å². The Bertz CT molecular complexity index is 497. The average molecular weight is 341 g/mol. The molecule has 6 heteroatoms. The van der Waals surface area contributed by atoms with Crippen molar-refractivity contribution in [3.63, 3.8) is 0 Å². The van der Waals surface area contributed by atoms with Crippen molar-refractivity contribution in [3.05, 3.63) is 29.8 Å². The highest BCUT2D eigenvalue weighted by atomic mass is 35.5. The average Bonchev–Trinajstić information content (AvgIpc) is 3.25. The number of nitrogens with one attached hydrogen (secondary N) is 1. The molecule has 2 fully saturated rings. The molecular formula is C17H25ClN2O3. The van der Waals surface area contributed by atoms with E-state index in [1.165, 1.54) is 0 Å². The van der Waals surface area contributed by atoms with Crippen molar-refractivity contribution in [3.8, 4) is 5.75 Å². The number of rotatable bonds is 5. The lowest BCUT2D eigenvalue weighted by atomic mass is 10.1. The van der Waals surface area contributed by atoms with Gasteiger partial charge in [-0.2, -0.15) is 0 Å². The zero-order chi connectivity index (χ0) is 15.4. The van der Waals surface area contributed by atoms with E-state index in [1.54, 1.807) is 0 Å². The molecule has 2 heterocycles. The Labute approximate surface area is 143 Å². The van der Waals surface area contributed by atoms with E-state index in [9.17, 15) is 4.79 Å². The van der Waals surface area contributed by atoms with Gasteiger partial charge in [-0.3, -0.25) is 4.79 Å². The molecule has 0 aliphatic carbocycles. The molecule has 1 N–H and O–H groups in total. The van der Waals surface area contributed by atoms with E-state index in [0.29, 0.717) is 18.2 Å². The van der Waals surface area contributed by atoms with Gasteiger partial charge in [0.1, 0.15) is 12.4 Å². The van der Waals surface area contributed by atoms with Crippen molar-refractivity contribution in [1.82, 2.24) is 10.2 Å². The number of hydrogen-bond donors (Lipinski definition) is 1. The van der Waals surface area contributed by atoms with Gasteiger partial charge in [-0.05, 0) is 50.1 Å². The monoisotopic (exact) mass is 340 g/mol. The highest BCUT2D eigenvalue weighted by molar-refractivity contribution is 5.94. The van der Waals surface area contributed by atoms with Crippen LogP contribution in [0.4, 0.5) is 0 Å². The van der Waals surface area contributed by atoms with Crippen LogP contribution < -0.4 is 10.1 Å². The number of ether oxygens (including phenoxy) is 2. The summed E-state index contributed by atoms with van der Waals surface area (Å²) in [7, 11) is 1.88. The standard InChI is InChI=1S/C17H24N2O3.ClH/c1-19(14-8-9-18-11-14)17(20)13-4-6-15(7-5-13)22-12-16-3-2-10-21-16;/h4-7,14,16,18H,2-3,8-12H2,1H3;1H. The Morgan fingerprint density at radius 1 is 1.35 bits per heavy atom. The summed E-state index contributed by atoms with van der Waals surface area (Å²) in [6.45, 7) is 3.29. The molecular weight excluding hydrogens is 316 g/mol. The third-order valence-corrected chi connectivity index (χ3v) is 4.46. The van der Waals surface area contributed by atoms with Gasteiger partial charge in [0.05, 0.1) is 6.10 Å². The van der Waals surface area contributed by atoms with Crippen LogP contribution in [-0.2, 0) is 4.74 Å². The summed E-state index contributed by atoms with van der Waals surface area (Å²) in [5.41, 5.74) is 0.707. The second-order valence-corrected chi connectivity index (χ2v) is 6.03. The van der Waals surface area contributed by atoms with Crippen molar-refractivity contribution in [1.29, 1.82) is 0 Å². The topological polar surface area (TPSA) is 50.8 Å². The maximum atomic E-state index is 12.4. The van der Waals surface area contributed by atoms with E-state index in [-0.39, 0.29) is 24.4 Å². The van der Waals surface area contributed by atoms with Crippen LogP contribution in [0, 0.1) is 0 Å². The second-order valence-electron chi connectivity index (χ2n) is 6.03. The molecule has 0 saturated carbocycles. The zero-order valence-corrected chi connectivity index (χ0v) is 14.3. The van der Waals surface area contributed by atoms with Gasteiger partial charge < -0.3 is 19.7 Å². The third-order valence-electron chi connectivity index (χ3n) is 4.46. The van der Waals surface area contributed by atoms with Gasteiger partial charge >= 0.3 is 0 Å². The molecule has 1 amide bonds. The fourth-order valence-electron chi connectivity index (χ4n) is 3.00. The highest BCUT2D eigenvalue weighted by Crippen LogP contribution is 2.18. The van der Waals surface area contributed by atoms with E-state index in [1.807, 2.05) is 36.2 Å². The van der Waals surface area contributed by atoms with Crippen molar-refractivity contribution in [2.45, 2.75) is 31.4 Å². The largest absolute Gasteiger partial charge is 0.491 e. The predicted octanol–water partition coefficient (Wildman–Crippen LogP) is 2.10. The van der Waals surface area contributed by atoms with Gasteiger partial charge in [0, 0.05) is 31.8 Å². The normalized spacial score (nSPS) is 23.3. The van der Waals surface area contributed by atoms with Crippen molar-refractivity contribution in [2.75, 3.05) is 33.4 Å². The third kappa shape index (κ3) is 4.59. The Morgan fingerprint density at radius 3 is 2.74 bits per heavy atom. The number of halogens is 1. The van der Waals surface area contributed by atoms with Crippen LogP contribution in [0.2, 0.25) is 0 Å². The molecule has 1 aromatic rings. The molecule has 1 aromatic carbocycles. The first-order chi connectivity index (χ1) is 10.7. The predicted molar refractivity (Wildman–Crippen MR) is 91.5 cm³/mol. The van der Waals surface area contributed by atoms with Crippen LogP contribution in [0.25, 0.3) is 0 Å². The molecule has 0 bridgehead atoms. The number of hydrogen-bond acceptors (Lipinski definition) is 4. The van der Waals surface area contributed by atoms with Crippen LogP contribution in [0.5, 0.6) is 5.75 Å². The minimum absolute atomic E-state index is 0. The lowest BCUT2D eigenvalue weighted by Crippen LogP contribution is -2.38. The van der Waals surface area contributed by atoms with Gasteiger partial charge in [-0.25, -0.2) is 0 Å². The number of nitrogens with zero attached hydrogens (tertiary/aromatic N) is 1. The van der Waals surface area contributed by atoms with Gasteiger partial charge in [-0.15, -0.1) is 12.4 Å². The number of benzene rings is 1. The van der Waals surface area contributed by atoms with Gasteiger partial charge in [0.15, 0.2) is 0 Å². The molecule has 2 aliphatic heterocycles. The van der Waals surface area contributed by atoms with E-state index >= 15 is 0 Å². The number of amides is 1. The van der Waals surface area contributed by atoms with Crippen LogP contribution in [0.3, 0.4) is 0 Å². The zero-order valence-electron chi connectivity index (χ0n) is 13.5. The molecule has 2 atom stereocenters. The first-order valence-electron chi connectivity index (χ1n) is 8.06. The summed E-state index contributed by atoms with van der Waals surface area (Å²) in [5, 5.41) is 3.29. The summed E-state index contributed by atoms with van der Waals surface area (Å²) in [6, 6.07) is 7.70. The molecule has 0 radical (unpaired) electrons. The number of carbonyl (C=O) groups is 1. The lowest BCUT2D eigenvalue weighted by molar-refractivity contribution is 0.0678. The smallest absolute Gasteiger partial charge is 0.253 e. The van der Waals surface area contributed by atoms with Gasteiger partial charge in [-0.1, -0.05) is 0 Å². The second kappa shape index (κ2) is 8.52. The van der Waals surface area contributed by atoms with Gasteiger partial charge in [0.2, 0.25) is 0 Å². The Balaban J connectivity index is 0.00000192. The quantitative estimate of drug-likeness (QED) is 0.892. The molecule has 128 valence electrons. The highest BCUT2D eigenvalue weighted by Gasteiger charge is 2.24. The summed E-state index contributed by atoms with van der Waals surface area (Å²) < 4.78 is 11.3. The molecule has 23 heavy (non-hydrogen) atoms. The Morgan fingerprint density at radius 2 is 2.13 bits per heavy atom. The molecule has 5 nitrogen and oxygen atoms in total. The number of carbonyl (C=O) groups excluding carboxylic acids is 1. The van der Waals surface area contributed by atoms with Crippen molar-refractivity contribution < 1.29 is 14.3 Å². The summed E-state index contributed by atoms with van der Waals surface area (Å²) >= 11 is 0. The molecule has 2 saturated heterocycles. The summed E-state index contributed by atoms with van der Waals surface area (Å²) in [5.74, 6) is 0.858. The first kappa shape index (κ1) is 18.0. The molecule has 0 spiro atoms. The molecule has 2 unspecified atom stereocenters. The Kier molecular flexibility index (Phi) is 6.69. The van der Waals surface area contributed by atoms with Crippen molar-refractivity contribution >= 4 is 18.3 Å². The first-order valence-corrected chi connectivity index (χ1v) is 8.06.